The van der Waals surface area contributed by atoms with Crippen LogP contribution in [0.1, 0.15) is 15.9 Å². The Morgan fingerprint density at radius 1 is 1.16 bits per heavy atom. The second kappa shape index (κ2) is 6.96. The van der Waals surface area contributed by atoms with Crippen LogP contribution in [0.3, 0.4) is 0 Å². The molecule has 0 unspecified atom stereocenters. The Morgan fingerprint density at radius 2 is 2.00 bits per heavy atom. The molecule has 0 saturated heterocycles. The molecule has 2 heterocycles. The number of ether oxygens (including phenoxy) is 1. The lowest BCUT2D eigenvalue weighted by molar-refractivity contribution is 0.0696. The van der Waals surface area contributed by atoms with E-state index in [1.165, 1.54) is 12.1 Å². The lowest BCUT2D eigenvalue weighted by Crippen LogP contribution is -2.00. The number of hydrogen-bond acceptors (Lipinski definition) is 6. The molecule has 3 aromatic rings. The number of rotatable bonds is 5. The monoisotopic (exact) mass is 336 g/mol. The highest BCUT2D eigenvalue weighted by Crippen LogP contribution is 2.32. The highest BCUT2D eigenvalue weighted by atomic mass is 16.5. The van der Waals surface area contributed by atoms with E-state index in [1.54, 1.807) is 37.6 Å². The fourth-order valence-corrected chi connectivity index (χ4v) is 2.24. The summed E-state index contributed by atoms with van der Waals surface area (Å²) in [5.41, 5.74) is 2.29. The first kappa shape index (κ1) is 16.4. The Labute approximate surface area is 144 Å². The van der Waals surface area contributed by atoms with Gasteiger partial charge in [0.25, 0.3) is 0 Å². The van der Waals surface area contributed by atoms with Crippen molar-refractivity contribution in [3.63, 3.8) is 0 Å². The van der Waals surface area contributed by atoms with Crippen LogP contribution in [0.25, 0.3) is 11.3 Å². The second-order valence-electron chi connectivity index (χ2n) is 5.26. The van der Waals surface area contributed by atoms with Gasteiger partial charge in [-0.3, -0.25) is 0 Å². The first-order valence-corrected chi connectivity index (χ1v) is 7.56. The van der Waals surface area contributed by atoms with E-state index >= 15 is 0 Å². The Hall–Kier alpha value is -3.48. The van der Waals surface area contributed by atoms with Crippen molar-refractivity contribution >= 4 is 11.9 Å². The maximum Gasteiger partial charge on any atom is 0.335 e. The number of benzene rings is 1. The second-order valence-corrected chi connectivity index (χ2v) is 5.26. The number of aromatic carboxylic acids is 1. The summed E-state index contributed by atoms with van der Waals surface area (Å²) in [6, 6.07) is 10.1. The lowest BCUT2D eigenvalue weighted by atomic mass is 10.1. The van der Waals surface area contributed by atoms with Gasteiger partial charge in [-0.05, 0) is 42.8 Å². The van der Waals surface area contributed by atoms with E-state index in [4.69, 9.17) is 9.84 Å². The van der Waals surface area contributed by atoms with E-state index in [2.05, 4.69) is 20.3 Å². The zero-order chi connectivity index (χ0) is 17.8. The van der Waals surface area contributed by atoms with E-state index < -0.39 is 5.97 Å². The largest absolute Gasteiger partial charge is 0.478 e. The fraction of sp³-hybridized carbons (Fsp3) is 0.111. The van der Waals surface area contributed by atoms with Gasteiger partial charge in [-0.2, -0.15) is 0 Å². The zero-order valence-corrected chi connectivity index (χ0v) is 13.7. The number of carboxylic acids is 1. The number of carbonyl (C=O) groups is 1. The molecule has 25 heavy (non-hydrogen) atoms. The summed E-state index contributed by atoms with van der Waals surface area (Å²) in [5.74, 6) is 0.244. The predicted octanol–water partition coefficient (Wildman–Crippen LogP) is 3.38. The van der Waals surface area contributed by atoms with Gasteiger partial charge in [0.2, 0.25) is 11.8 Å². The molecule has 2 aromatic heterocycles. The molecule has 7 heteroatoms. The molecule has 0 atom stereocenters. The number of nitrogens with one attached hydrogen (secondary N) is 1. The molecular formula is C18H16N4O3. The van der Waals surface area contributed by atoms with Gasteiger partial charge in [0, 0.05) is 19.4 Å². The van der Waals surface area contributed by atoms with Crippen molar-refractivity contribution in [2.45, 2.75) is 6.92 Å². The summed E-state index contributed by atoms with van der Waals surface area (Å²) >= 11 is 0. The van der Waals surface area contributed by atoms with Gasteiger partial charge in [-0.15, -0.1) is 0 Å². The highest BCUT2D eigenvalue weighted by molar-refractivity contribution is 5.88. The van der Waals surface area contributed by atoms with E-state index in [-0.39, 0.29) is 5.56 Å². The van der Waals surface area contributed by atoms with Crippen molar-refractivity contribution in [2.24, 2.45) is 0 Å². The number of pyridine rings is 1. The third-order valence-corrected chi connectivity index (χ3v) is 3.57. The van der Waals surface area contributed by atoms with Gasteiger partial charge in [0.15, 0.2) is 0 Å². The molecule has 0 radical (unpaired) electrons. The van der Waals surface area contributed by atoms with Gasteiger partial charge < -0.3 is 15.2 Å². The molecule has 3 rings (SSSR count). The molecule has 0 amide bonds. The summed E-state index contributed by atoms with van der Waals surface area (Å²) in [7, 11) is 1.74. The highest BCUT2D eigenvalue weighted by Gasteiger charge is 2.13. The molecule has 1 aromatic carbocycles. The maximum absolute atomic E-state index is 11.2. The Bertz CT molecular complexity index is 928. The van der Waals surface area contributed by atoms with Gasteiger partial charge >= 0.3 is 5.97 Å². The Morgan fingerprint density at radius 3 is 2.76 bits per heavy atom. The SMILES string of the molecule is CNc1nccc(-c2cccnc2Oc2cc(C(=O)O)ccc2C)n1. The van der Waals surface area contributed by atoms with Crippen molar-refractivity contribution in [1.29, 1.82) is 0 Å². The summed E-state index contributed by atoms with van der Waals surface area (Å²) in [5, 5.41) is 12.0. The summed E-state index contributed by atoms with van der Waals surface area (Å²) in [4.78, 5) is 23.9. The van der Waals surface area contributed by atoms with Crippen molar-refractivity contribution in [2.75, 3.05) is 12.4 Å². The standard InChI is InChI=1S/C18H16N4O3/c1-11-5-6-12(17(23)24)10-15(11)25-16-13(4-3-8-20-16)14-7-9-21-18(19-2)22-14/h3-10H,1-2H3,(H,23,24)(H,19,21,22). The number of nitrogens with zero attached hydrogens (tertiary/aromatic N) is 3. The van der Waals surface area contributed by atoms with E-state index in [0.717, 1.165) is 5.56 Å². The average molecular weight is 336 g/mol. The van der Waals surface area contributed by atoms with Crippen LogP contribution in [0.2, 0.25) is 0 Å². The minimum absolute atomic E-state index is 0.151. The number of carboxylic acid groups (broad SMARTS) is 1. The summed E-state index contributed by atoms with van der Waals surface area (Å²) in [6.07, 6.45) is 3.25. The van der Waals surface area contributed by atoms with Crippen LogP contribution in [0.15, 0.2) is 48.8 Å². The number of aryl methyl sites for hydroxylation is 1. The molecule has 0 spiro atoms. The molecule has 0 aliphatic heterocycles. The maximum atomic E-state index is 11.2. The molecule has 0 saturated carbocycles. The van der Waals surface area contributed by atoms with Crippen molar-refractivity contribution in [3.8, 4) is 22.9 Å². The third kappa shape index (κ3) is 3.55. The summed E-state index contributed by atoms with van der Waals surface area (Å²) < 4.78 is 5.90. The topological polar surface area (TPSA) is 97.2 Å². The average Bonchev–Trinajstić information content (AvgIpc) is 2.64. The van der Waals surface area contributed by atoms with Crippen molar-refractivity contribution in [1.82, 2.24) is 15.0 Å². The molecule has 2 N–H and O–H groups in total. The van der Waals surface area contributed by atoms with Crippen LogP contribution >= 0.6 is 0 Å². The van der Waals surface area contributed by atoms with Crippen LogP contribution in [0.5, 0.6) is 11.6 Å². The number of aromatic nitrogens is 3. The normalized spacial score (nSPS) is 10.3. The molecule has 0 aliphatic rings. The Balaban J connectivity index is 2.02. The molecule has 0 aliphatic carbocycles. The van der Waals surface area contributed by atoms with Crippen LogP contribution < -0.4 is 10.1 Å². The van der Waals surface area contributed by atoms with Gasteiger partial charge in [-0.25, -0.2) is 19.7 Å². The van der Waals surface area contributed by atoms with Crippen molar-refractivity contribution in [3.05, 3.63) is 59.9 Å². The van der Waals surface area contributed by atoms with E-state index in [0.29, 0.717) is 28.8 Å². The Kier molecular flexibility index (Phi) is 4.56. The first-order chi connectivity index (χ1) is 12.1. The van der Waals surface area contributed by atoms with E-state index in [9.17, 15) is 4.79 Å². The van der Waals surface area contributed by atoms with Crippen LogP contribution in [-0.2, 0) is 0 Å². The first-order valence-electron chi connectivity index (χ1n) is 7.56. The fourth-order valence-electron chi connectivity index (χ4n) is 2.24. The zero-order valence-electron chi connectivity index (χ0n) is 13.7. The molecule has 126 valence electrons. The lowest BCUT2D eigenvalue weighted by Gasteiger charge is -2.12. The van der Waals surface area contributed by atoms with Crippen LogP contribution in [0.4, 0.5) is 5.95 Å². The van der Waals surface area contributed by atoms with E-state index in [1.807, 2.05) is 13.0 Å². The quantitative estimate of drug-likeness (QED) is 0.737. The van der Waals surface area contributed by atoms with Gasteiger partial charge in [0.1, 0.15) is 5.75 Å². The number of hydrogen-bond donors (Lipinski definition) is 2. The summed E-state index contributed by atoms with van der Waals surface area (Å²) in [6.45, 7) is 1.84. The van der Waals surface area contributed by atoms with Crippen LogP contribution in [-0.4, -0.2) is 33.1 Å². The predicted molar refractivity (Wildman–Crippen MR) is 93.0 cm³/mol. The molecular weight excluding hydrogens is 320 g/mol. The van der Waals surface area contributed by atoms with Crippen molar-refractivity contribution < 1.29 is 14.6 Å². The minimum Gasteiger partial charge on any atom is -0.478 e. The smallest absolute Gasteiger partial charge is 0.335 e. The molecule has 0 fully saturated rings. The third-order valence-electron chi connectivity index (χ3n) is 3.57. The molecule has 7 nitrogen and oxygen atoms in total. The minimum atomic E-state index is -1.01. The van der Waals surface area contributed by atoms with Gasteiger partial charge in [0.05, 0.1) is 16.8 Å². The van der Waals surface area contributed by atoms with Gasteiger partial charge in [-0.1, -0.05) is 6.07 Å². The van der Waals surface area contributed by atoms with Crippen LogP contribution in [0, 0.1) is 6.92 Å². The number of anilines is 1. The molecule has 0 bridgehead atoms.